The van der Waals surface area contributed by atoms with Crippen molar-refractivity contribution < 1.29 is 19.4 Å². The average Bonchev–Trinajstić information content (AvgIpc) is 2.96. The van der Waals surface area contributed by atoms with E-state index in [4.69, 9.17) is 9.47 Å². The molecule has 0 radical (unpaired) electrons. The Balaban J connectivity index is 1.40. The standard InChI is InChI=1S/C35H52O4/c1-3-5-7-9-10-13-28-15-17-29(18-16-28)14-12-26-38-31-21-19-30(20-22-31)34-27-32(23-24-33(34)35(36)37)39-25-11-8-6-4-2/h19-24,27-29H,3-18,25-26H2,1-2H3,(H,36,37). The number of unbranched alkanes of at least 4 members (excludes halogenated alkanes) is 7. The lowest BCUT2D eigenvalue weighted by atomic mass is 9.78. The normalized spacial score (nSPS) is 17.2. The van der Waals surface area contributed by atoms with Crippen LogP contribution in [0.4, 0.5) is 0 Å². The van der Waals surface area contributed by atoms with Crippen LogP contribution in [-0.4, -0.2) is 24.3 Å². The zero-order chi connectivity index (χ0) is 27.7. The molecule has 1 saturated carbocycles. The van der Waals surface area contributed by atoms with Crippen LogP contribution in [0.5, 0.6) is 11.5 Å². The van der Waals surface area contributed by atoms with Crippen molar-refractivity contribution in [1.82, 2.24) is 0 Å². The molecule has 0 aromatic heterocycles. The van der Waals surface area contributed by atoms with Crippen LogP contribution < -0.4 is 9.47 Å². The third-order valence-electron chi connectivity index (χ3n) is 8.36. The van der Waals surface area contributed by atoms with Gasteiger partial charge in [0.15, 0.2) is 0 Å². The first-order valence-electron chi connectivity index (χ1n) is 15.8. The van der Waals surface area contributed by atoms with Gasteiger partial charge in [0.1, 0.15) is 11.5 Å². The van der Waals surface area contributed by atoms with Crippen LogP contribution >= 0.6 is 0 Å². The van der Waals surface area contributed by atoms with Crippen molar-refractivity contribution >= 4 is 5.97 Å². The number of ether oxygens (including phenoxy) is 2. The van der Waals surface area contributed by atoms with Crippen molar-refractivity contribution in [3.63, 3.8) is 0 Å². The molecule has 1 fully saturated rings. The molecule has 1 aliphatic rings. The summed E-state index contributed by atoms with van der Waals surface area (Å²) in [6.45, 7) is 5.86. The van der Waals surface area contributed by atoms with Crippen LogP contribution in [0.2, 0.25) is 0 Å². The number of carbonyl (C=O) groups is 1. The maximum absolute atomic E-state index is 11.8. The summed E-state index contributed by atoms with van der Waals surface area (Å²) in [6, 6.07) is 13.0. The van der Waals surface area contributed by atoms with Crippen LogP contribution in [0.3, 0.4) is 0 Å². The molecule has 0 saturated heterocycles. The summed E-state index contributed by atoms with van der Waals surface area (Å²) >= 11 is 0. The van der Waals surface area contributed by atoms with E-state index in [9.17, 15) is 9.90 Å². The largest absolute Gasteiger partial charge is 0.494 e. The maximum Gasteiger partial charge on any atom is 0.336 e. The van der Waals surface area contributed by atoms with Crippen molar-refractivity contribution in [1.29, 1.82) is 0 Å². The lowest BCUT2D eigenvalue weighted by Gasteiger charge is -2.28. The predicted molar refractivity (Wildman–Crippen MR) is 162 cm³/mol. The van der Waals surface area contributed by atoms with Gasteiger partial charge in [-0.3, -0.25) is 0 Å². The van der Waals surface area contributed by atoms with Crippen LogP contribution in [0.25, 0.3) is 11.1 Å². The number of benzene rings is 2. The van der Waals surface area contributed by atoms with E-state index in [-0.39, 0.29) is 5.56 Å². The molecule has 0 bridgehead atoms. The fraction of sp³-hybridized carbons (Fsp3) is 0.629. The van der Waals surface area contributed by atoms with E-state index in [2.05, 4.69) is 13.8 Å². The van der Waals surface area contributed by atoms with Gasteiger partial charge in [-0.1, -0.05) is 109 Å². The molecule has 0 heterocycles. The second-order valence-electron chi connectivity index (χ2n) is 11.5. The van der Waals surface area contributed by atoms with E-state index >= 15 is 0 Å². The summed E-state index contributed by atoms with van der Waals surface area (Å²) in [5.41, 5.74) is 1.82. The highest BCUT2D eigenvalue weighted by atomic mass is 16.5. The van der Waals surface area contributed by atoms with E-state index < -0.39 is 5.97 Å². The SMILES string of the molecule is CCCCCCCC1CCC(CCCOc2ccc(-c3cc(OCCCCCC)ccc3C(=O)O)cc2)CC1. The van der Waals surface area contributed by atoms with E-state index in [0.29, 0.717) is 17.9 Å². The van der Waals surface area contributed by atoms with Crippen molar-refractivity contribution in [2.75, 3.05) is 13.2 Å². The minimum absolute atomic E-state index is 0.285. The van der Waals surface area contributed by atoms with Gasteiger partial charge in [-0.15, -0.1) is 0 Å². The summed E-state index contributed by atoms with van der Waals surface area (Å²) in [4.78, 5) is 11.8. The quantitative estimate of drug-likeness (QED) is 0.181. The second kappa shape index (κ2) is 18.0. The Labute approximate surface area is 237 Å². The maximum atomic E-state index is 11.8. The third kappa shape index (κ3) is 11.3. The van der Waals surface area contributed by atoms with Gasteiger partial charge in [0, 0.05) is 0 Å². The Morgan fingerprint density at radius 1 is 0.692 bits per heavy atom. The Bertz CT molecular complexity index is 944. The van der Waals surface area contributed by atoms with Gasteiger partial charge >= 0.3 is 5.97 Å². The van der Waals surface area contributed by atoms with Gasteiger partial charge in [0.2, 0.25) is 0 Å². The highest BCUT2D eigenvalue weighted by Gasteiger charge is 2.20. The molecular formula is C35H52O4. The smallest absolute Gasteiger partial charge is 0.336 e. The highest BCUT2D eigenvalue weighted by Crippen LogP contribution is 2.34. The molecule has 1 N–H and O–H groups in total. The number of carboxylic acid groups (broad SMARTS) is 1. The molecule has 2 aromatic carbocycles. The van der Waals surface area contributed by atoms with Crippen LogP contribution in [0.15, 0.2) is 42.5 Å². The minimum atomic E-state index is -0.930. The molecule has 0 aliphatic heterocycles. The highest BCUT2D eigenvalue weighted by molar-refractivity contribution is 5.96. The Morgan fingerprint density at radius 3 is 1.87 bits per heavy atom. The van der Waals surface area contributed by atoms with Gasteiger partial charge < -0.3 is 14.6 Å². The predicted octanol–water partition coefficient (Wildman–Crippen LogP) is 10.3. The molecule has 0 atom stereocenters. The van der Waals surface area contributed by atoms with E-state index in [1.807, 2.05) is 30.3 Å². The number of aromatic carboxylic acids is 1. The Morgan fingerprint density at radius 2 is 1.23 bits per heavy atom. The molecular weight excluding hydrogens is 484 g/mol. The first-order chi connectivity index (χ1) is 19.1. The molecule has 39 heavy (non-hydrogen) atoms. The summed E-state index contributed by atoms with van der Waals surface area (Å²) in [5, 5.41) is 9.71. The van der Waals surface area contributed by atoms with Crippen LogP contribution in [0.1, 0.15) is 127 Å². The van der Waals surface area contributed by atoms with E-state index in [1.54, 1.807) is 12.1 Å². The Kier molecular flexibility index (Phi) is 14.3. The fourth-order valence-corrected chi connectivity index (χ4v) is 5.90. The molecule has 0 amide bonds. The first-order valence-corrected chi connectivity index (χ1v) is 15.8. The van der Waals surface area contributed by atoms with E-state index in [0.717, 1.165) is 49.0 Å². The number of carboxylic acids is 1. The van der Waals surface area contributed by atoms with Gasteiger partial charge in [-0.2, -0.15) is 0 Å². The fourth-order valence-electron chi connectivity index (χ4n) is 5.90. The van der Waals surface area contributed by atoms with Crippen molar-refractivity contribution in [3.05, 3.63) is 48.0 Å². The minimum Gasteiger partial charge on any atom is -0.494 e. The summed E-state index contributed by atoms with van der Waals surface area (Å²) in [5.74, 6) is 2.46. The van der Waals surface area contributed by atoms with Crippen LogP contribution in [-0.2, 0) is 0 Å². The number of hydrogen-bond acceptors (Lipinski definition) is 3. The zero-order valence-electron chi connectivity index (χ0n) is 24.6. The lowest BCUT2D eigenvalue weighted by Crippen LogP contribution is -2.15. The van der Waals surface area contributed by atoms with Gasteiger partial charge in [0.05, 0.1) is 18.8 Å². The summed E-state index contributed by atoms with van der Waals surface area (Å²) < 4.78 is 11.9. The topological polar surface area (TPSA) is 55.8 Å². The molecule has 0 unspecified atom stereocenters. The molecule has 3 rings (SSSR count). The monoisotopic (exact) mass is 536 g/mol. The lowest BCUT2D eigenvalue weighted by molar-refractivity contribution is 0.0697. The van der Waals surface area contributed by atoms with Gasteiger partial charge in [-0.25, -0.2) is 4.79 Å². The summed E-state index contributed by atoms with van der Waals surface area (Å²) in [6.07, 6.45) is 21.0. The molecule has 2 aromatic rings. The molecule has 1 aliphatic carbocycles. The average molecular weight is 537 g/mol. The Hall–Kier alpha value is -2.49. The van der Waals surface area contributed by atoms with Crippen molar-refractivity contribution in [2.45, 2.75) is 117 Å². The number of hydrogen-bond donors (Lipinski definition) is 1. The molecule has 4 nitrogen and oxygen atoms in total. The first kappa shape index (κ1) is 31.0. The molecule has 216 valence electrons. The second-order valence-corrected chi connectivity index (χ2v) is 11.5. The third-order valence-corrected chi connectivity index (χ3v) is 8.36. The zero-order valence-corrected chi connectivity index (χ0v) is 24.6. The summed E-state index contributed by atoms with van der Waals surface area (Å²) in [7, 11) is 0. The van der Waals surface area contributed by atoms with Gasteiger partial charge in [-0.05, 0) is 72.6 Å². The van der Waals surface area contributed by atoms with Crippen LogP contribution in [0, 0.1) is 11.8 Å². The van der Waals surface area contributed by atoms with Crippen molar-refractivity contribution in [2.24, 2.45) is 11.8 Å². The van der Waals surface area contributed by atoms with Crippen molar-refractivity contribution in [3.8, 4) is 22.6 Å². The number of rotatable bonds is 19. The van der Waals surface area contributed by atoms with Gasteiger partial charge in [0.25, 0.3) is 0 Å². The van der Waals surface area contributed by atoms with E-state index in [1.165, 1.54) is 83.5 Å². The molecule has 0 spiro atoms. The molecule has 4 heteroatoms.